The Labute approximate surface area is 400 Å². The topological polar surface area (TPSA) is 95.9 Å². The Bertz CT molecular complexity index is 1380. The molecule has 3 N–H and O–H groups in total. The number of aliphatic hydroxyl groups excluding tert-OH is 2. The highest BCUT2D eigenvalue weighted by atomic mass is 16.5. The SMILES string of the molecule is CC\C=C/C=C/C=C/C=C\C=C\C=C\CCCC(CC(=O)NC(CO)C(O)CCCCCCCCCCCCCCCCC)OC(=O)CCCCC/C=C/C/C=C/C/C=C/C/C=C/CC. The van der Waals surface area contributed by atoms with E-state index in [0.29, 0.717) is 19.3 Å². The molecule has 0 fully saturated rings. The summed E-state index contributed by atoms with van der Waals surface area (Å²) in [5, 5.41) is 23.8. The highest BCUT2D eigenvalue weighted by Crippen LogP contribution is 2.17. The highest BCUT2D eigenvalue weighted by Gasteiger charge is 2.24. The first-order valence-corrected chi connectivity index (χ1v) is 26.3. The highest BCUT2D eigenvalue weighted by molar-refractivity contribution is 5.77. The largest absolute Gasteiger partial charge is 0.462 e. The Morgan fingerprint density at radius 3 is 1.45 bits per heavy atom. The predicted molar refractivity (Wildman–Crippen MR) is 282 cm³/mol. The molecule has 0 heterocycles. The van der Waals surface area contributed by atoms with E-state index in [1.807, 2.05) is 60.8 Å². The first kappa shape index (κ1) is 61.3. The fraction of sp³-hybridized carbons (Fsp3) is 0.627. The van der Waals surface area contributed by atoms with Crippen LogP contribution in [0.15, 0.2) is 122 Å². The molecule has 0 aromatic heterocycles. The molecule has 0 aromatic rings. The fourth-order valence-electron chi connectivity index (χ4n) is 7.28. The van der Waals surface area contributed by atoms with Crippen LogP contribution in [-0.4, -0.2) is 46.9 Å². The molecule has 0 aromatic carbocycles. The van der Waals surface area contributed by atoms with E-state index in [2.05, 4.69) is 86.8 Å². The molecule has 6 heteroatoms. The number of carbonyl (C=O) groups is 2. The number of hydrogen-bond acceptors (Lipinski definition) is 5. The molecule has 0 rings (SSSR count). The Morgan fingerprint density at radius 2 is 0.923 bits per heavy atom. The van der Waals surface area contributed by atoms with E-state index >= 15 is 0 Å². The third-order valence-electron chi connectivity index (χ3n) is 11.2. The molecular weight excluding hydrogens is 803 g/mol. The third kappa shape index (κ3) is 46.6. The van der Waals surface area contributed by atoms with Crippen LogP contribution in [0.4, 0.5) is 0 Å². The van der Waals surface area contributed by atoms with Gasteiger partial charge in [-0.25, -0.2) is 0 Å². The standard InChI is InChI=1S/C59H97NO5/c1-4-7-10-13-16-19-22-25-28-31-34-37-40-43-46-49-52-59(64)65-55(50-47-44-41-38-35-32-29-26-23-20-17-14-11-8-5-2)53-58(63)60-56(54-61)57(62)51-48-45-42-39-36-33-30-27-24-21-18-15-12-9-6-3/h7-8,10-11,14,16-17,19-20,23,25-26,28-29,32,34-35,37-38,41,55-57,61-62H,4-6,9,12-13,15,18,21-22,24,27,30-31,33,36,39-40,42-54H2,1-3H3,(H,60,63)/b10-7+,11-8-,17-14+,19-16+,23-20+,28-25+,29-26-,35-32+,37-34+,41-38+. The van der Waals surface area contributed by atoms with Crippen molar-refractivity contribution >= 4 is 11.9 Å². The molecule has 0 radical (unpaired) electrons. The summed E-state index contributed by atoms with van der Waals surface area (Å²) < 4.78 is 5.88. The lowest BCUT2D eigenvalue weighted by Gasteiger charge is -2.24. The van der Waals surface area contributed by atoms with Gasteiger partial charge in [-0.05, 0) is 77.0 Å². The zero-order valence-corrected chi connectivity index (χ0v) is 41.8. The van der Waals surface area contributed by atoms with Crippen molar-refractivity contribution in [2.24, 2.45) is 0 Å². The van der Waals surface area contributed by atoms with Crippen molar-refractivity contribution in [2.45, 2.75) is 232 Å². The normalized spacial score (nSPS) is 14.2. The minimum absolute atomic E-state index is 0.00571. The van der Waals surface area contributed by atoms with Crippen molar-refractivity contribution in [2.75, 3.05) is 6.61 Å². The smallest absolute Gasteiger partial charge is 0.306 e. The first-order chi connectivity index (χ1) is 32.0. The van der Waals surface area contributed by atoms with Gasteiger partial charge in [0.25, 0.3) is 0 Å². The molecule has 0 saturated carbocycles. The number of esters is 1. The molecule has 3 unspecified atom stereocenters. The summed E-state index contributed by atoms with van der Waals surface area (Å²) in [7, 11) is 0. The van der Waals surface area contributed by atoms with Gasteiger partial charge in [0.1, 0.15) is 6.10 Å². The van der Waals surface area contributed by atoms with Crippen molar-refractivity contribution in [3.05, 3.63) is 122 Å². The predicted octanol–water partition coefficient (Wildman–Crippen LogP) is 16.1. The van der Waals surface area contributed by atoms with Gasteiger partial charge in [-0.1, -0.05) is 245 Å². The molecule has 6 nitrogen and oxygen atoms in total. The van der Waals surface area contributed by atoms with Crippen LogP contribution in [0.1, 0.15) is 213 Å². The van der Waals surface area contributed by atoms with Crippen LogP contribution >= 0.6 is 0 Å². The lowest BCUT2D eigenvalue weighted by atomic mass is 10.0. The van der Waals surface area contributed by atoms with Crippen LogP contribution in [0.5, 0.6) is 0 Å². The number of aliphatic hydroxyl groups is 2. The number of amides is 1. The van der Waals surface area contributed by atoms with Gasteiger partial charge in [-0.3, -0.25) is 9.59 Å². The Hall–Kier alpha value is -3.74. The number of ether oxygens (including phenoxy) is 1. The number of hydrogen-bond donors (Lipinski definition) is 3. The quantitative estimate of drug-likeness (QED) is 0.0245. The second-order valence-electron chi connectivity index (χ2n) is 17.3. The Balaban J connectivity index is 4.78. The van der Waals surface area contributed by atoms with Crippen molar-refractivity contribution in [3.63, 3.8) is 0 Å². The minimum Gasteiger partial charge on any atom is -0.462 e. The molecule has 3 atom stereocenters. The third-order valence-corrected chi connectivity index (χ3v) is 11.2. The number of unbranched alkanes of at least 4 members (excludes halogenated alkanes) is 18. The van der Waals surface area contributed by atoms with Gasteiger partial charge >= 0.3 is 5.97 Å². The second kappa shape index (κ2) is 51.2. The summed E-state index contributed by atoms with van der Waals surface area (Å²) in [6.45, 7) is 6.19. The lowest BCUT2D eigenvalue weighted by Crippen LogP contribution is -2.46. The summed E-state index contributed by atoms with van der Waals surface area (Å²) in [4.78, 5) is 26.2. The van der Waals surface area contributed by atoms with Gasteiger partial charge in [0.15, 0.2) is 0 Å². The minimum atomic E-state index is -0.822. The second-order valence-corrected chi connectivity index (χ2v) is 17.3. The molecule has 0 aliphatic heterocycles. The van der Waals surface area contributed by atoms with Crippen LogP contribution in [0.25, 0.3) is 0 Å². The molecule has 1 amide bonds. The molecule has 0 bridgehead atoms. The number of rotatable bonds is 45. The zero-order chi connectivity index (χ0) is 47.4. The molecule has 65 heavy (non-hydrogen) atoms. The van der Waals surface area contributed by atoms with E-state index in [4.69, 9.17) is 4.74 Å². The first-order valence-electron chi connectivity index (χ1n) is 26.3. The van der Waals surface area contributed by atoms with E-state index in [0.717, 1.165) is 89.9 Å². The zero-order valence-electron chi connectivity index (χ0n) is 41.8. The maximum Gasteiger partial charge on any atom is 0.306 e. The molecule has 0 saturated heterocycles. The van der Waals surface area contributed by atoms with Crippen molar-refractivity contribution < 1.29 is 24.5 Å². The molecule has 0 aliphatic carbocycles. The number of allylic oxidation sites excluding steroid dienone is 20. The van der Waals surface area contributed by atoms with Crippen molar-refractivity contribution in [1.29, 1.82) is 0 Å². The van der Waals surface area contributed by atoms with Gasteiger partial charge in [0, 0.05) is 6.42 Å². The monoisotopic (exact) mass is 900 g/mol. The summed E-state index contributed by atoms with van der Waals surface area (Å²) in [6.07, 6.45) is 71.2. The molecule has 368 valence electrons. The summed E-state index contributed by atoms with van der Waals surface area (Å²) in [6, 6.07) is -0.741. The summed E-state index contributed by atoms with van der Waals surface area (Å²) in [5.41, 5.74) is 0. The Kier molecular flexibility index (Phi) is 48.3. The van der Waals surface area contributed by atoms with Gasteiger partial charge < -0.3 is 20.3 Å². The van der Waals surface area contributed by atoms with Gasteiger partial charge in [0.2, 0.25) is 5.91 Å². The van der Waals surface area contributed by atoms with Crippen LogP contribution in [0, 0.1) is 0 Å². The van der Waals surface area contributed by atoms with E-state index in [-0.39, 0.29) is 24.9 Å². The van der Waals surface area contributed by atoms with E-state index in [1.165, 1.54) is 77.0 Å². The average Bonchev–Trinajstić information content (AvgIpc) is 3.30. The maximum absolute atomic E-state index is 13.2. The lowest BCUT2D eigenvalue weighted by molar-refractivity contribution is -0.151. The van der Waals surface area contributed by atoms with Gasteiger partial charge in [-0.2, -0.15) is 0 Å². The van der Waals surface area contributed by atoms with E-state index in [9.17, 15) is 19.8 Å². The number of carbonyl (C=O) groups excluding carboxylic acids is 2. The van der Waals surface area contributed by atoms with E-state index in [1.54, 1.807) is 0 Å². The van der Waals surface area contributed by atoms with Crippen molar-refractivity contribution in [1.82, 2.24) is 5.32 Å². The van der Waals surface area contributed by atoms with Crippen LogP contribution in [0.3, 0.4) is 0 Å². The average molecular weight is 900 g/mol. The van der Waals surface area contributed by atoms with Gasteiger partial charge in [-0.15, -0.1) is 0 Å². The molecule has 0 aliphatic rings. The maximum atomic E-state index is 13.2. The van der Waals surface area contributed by atoms with Crippen LogP contribution in [-0.2, 0) is 14.3 Å². The molecular formula is C59H97NO5. The molecule has 0 spiro atoms. The summed E-state index contributed by atoms with van der Waals surface area (Å²) in [5.74, 6) is -0.597. The Morgan fingerprint density at radius 1 is 0.477 bits per heavy atom. The number of nitrogens with one attached hydrogen (secondary N) is 1. The van der Waals surface area contributed by atoms with Crippen LogP contribution in [0.2, 0.25) is 0 Å². The van der Waals surface area contributed by atoms with Gasteiger partial charge in [0.05, 0.1) is 25.2 Å². The van der Waals surface area contributed by atoms with E-state index < -0.39 is 18.2 Å². The van der Waals surface area contributed by atoms with Crippen LogP contribution < -0.4 is 5.32 Å². The fourth-order valence-corrected chi connectivity index (χ4v) is 7.28. The van der Waals surface area contributed by atoms with Crippen molar-refractivity contribution in [3.8, 4) is 0 Å². The summed E-state index contributed by atoms with van der Waals surface area (Å²) >= 11 is 0.